The highest BCUT2D eigenvalue weighted by Crippen LogP contribution is 2.29. The van der Waals surface area contributed by atoms with Crippen LogP contribution in [-0.4, -0.2) is 56.9 Å². The lowest BCUT2D eigenvalue weighted by atomic mass is 10.2. The fourth-order valence-corrected chi connectivity index (χ4v) is 6.84. The van der Waals surface area contributed by atoms with Crippen molar-refractivity contribution in [3.63, 3.8) is 0 Å². The third-order valence-corrected chi connectivity index (χ3v) is 8.33. The number of sulfonamides is 1. The number of thiophene rings is 1. The molecule has 1 aromatic carbocycles. The van der Waals surface area contributed by atoms with Crippen molar-refractivity contribution in [3.05, 3.63) is 40.1 Å². The molecular weight excluding hydrogens is 432 g/mol. The summed E-state index contributed by atoms with van der Waals surface area (Å²) < 4.78 is 38.2. The van der Waals surface area contributed by atoms with Gasteiger partial charge in [0.05, 0.1) is 13.7 Å². The molecule has 0 bridgehead atoms. The van der Waals surface area contributed by atoms with Crippen LogP contribution >= 0.6 is 23.1 Å². The van der Waals surface area contributed by atoms with Crippen molar-refractivity contribution >= 4 is 39.0 Å². The molecular formula is C19H24N2O5S3. The Morgan fingerprint density at radius 1 is 1.21 bits per heavy atom. The first kappa shape index (κ1) is 21.9. The molecule has 0 unspecified atom stereocenters. The molecule has 0 atom stereocenters. The van der Waals surface area contributed by atoms with E-state index in [1.807, 2.05) is 13.0 Å². The molecule has 1 amide bonds. The van der Waals surface area contributed by atoms with E-state index in [1.165, 1.54) is 10.4 Å². The Morgan fingerprint density at radius 2 is 1.97 bits per heavy atom. The van der Waals surface area contributed by atoms with Crippen molar-refractivity contribution in [1.82, 2.24) is 9.62 Å². The van der Waals surface area contributed by atoms with Crippen LogP contribution in [0.4, 0.5) is 0 Å². The van der Waals surface area contributed by atoms with E-state index in [2.05, 4.69) is 5.32 Å². The van der Waals surface area contributed by atoms with Gasteiger partial charge in [-0.3, -0.25) is 4.79 Å². The van der Waals surface area contributed by atoms with E-state index in [0.717, 1.165) is 28.4 Å². The predicted octanol–water partition coefficient (Wildman–Crippen LogP) is 2.82. The summed E-state index contributed by atoms with van der Waals surface area (Å²) >= 11 is 2.87. The zero-order chi connectivity index (χ0) is 20.9. The Kier molecular flexibility index (Phi) is 7.44. The fraction of sp³-hybridized carbons (Fsp3) is 0.421. The monoisotopic (exact) mass is 456 g/mol. The molecule has 10 heteroatoms. The van der Waals surface area contributed by atoms with Crippen LogP contribution < -0.4 is 14.8 Å². The van der Waals surface area contributed by atoms with E-state index < -0.39 is 15.9 Å². The minimum absolute atomic E-state index is 0.0798. The molecule has 1 aliphatic rings. The summed E-state index contributed by atoms with van der Waals surface area (Å²) in [6.45, 7) is 3.60. The van der Waals surface area contributed by atoms with Crippen LogP contribution in [0.25, 0.3) is 0 Å². The lowest BCUT2D eigenvalue weighted by molar-refractivity contribution is 0.0952. The molecule has 0 spiro atoms. The van der Waals surface area contributed by atoms with Crippen LogP contribution in [-0.2, 0) is 16.6 Å². The summed E-state index contributed by atoms with van der Waals surface area (Å²) in [7, 11) is -2.11. The highest BCUT2D eigenvalue weighted by molar-refractivity contribution is 7.99. The number of carbonyl (C=O) groups excluding carboxylic acids is 1. The van der Waals surface area contributed by atoms with E-state index in [-0.39, 0.29) is 16.3 Å². The van der Waals surface area contributed by atoms with Gasteiger partial charge in [-0.15, -0.1) is 11.3 Å². The number of amides is 1. The second kappa shape index (κ2) is 9.84. The lowest BCUT2D eigenvalue weighted by Gasteiger charge is -2.25. The van der Waals surface area contributed by atoms with Crippen LogP contribution in [0.3, 0.4) is 0 Å². The Morgan fingerprint density at radius 3 is 2.66 bits per heavy atom. The number of carbonyl (C=O) groups is 1. The van der Waals surface area contributed by atoms with Gasteiger partial charge in [-0.25, -0.2) is 8.42 Å². The fourth-order valence-electron chi connectivity index (χ4n) is 2.95. The van der Waals surface area contributed by atoms with Crippen molar-refractivity contribution in [1.29, 1.82) is 0 Å². The second-order valence-corrected chi connectivity index (χ2v) is 10.3. The topological polar surface area (TPSA) is 84.9 Å². The Hall–Kier alpha value is -1.75. The first-order valence-corrected chi connectivity index (χ1v) is 12.7. The highest BCUT2D eigenvalue weighted by atomic mass is 32.2. The van der Waals surface area contributed by atoms with Crippen molar-refractivity contribution in [2.75, 3.05) is 38.3 Å². The van der Waals surface area contributed by atoms with Crippen molar-refractivity contribution in [2.45, 2.75) is 18.4 Å². The summed E-state index contributed by atoms with van der Waals surface area (Å²) in [6, 6.07) is 6.93. The molecule has 0 saturated carbocycles. The molecule has 2 heterocycles. The average Bonchev–Trinajstić information content (AvgIpc) is 3.24. The first-order chi connectivity index (χ1) is 14.0. The number of nitrogens with one attached hydrogen (secondary N) is 1. The molecule has 0 aliphatic carbocycles. The van der Waals surface area contributed by atoms with Gasteiger partial charge < -0.3 is 14.8 Å². The predicted molar refractivity (Wildman–Crippen MR) is 116 cm³/mol. The highest BCUT2D eigenvalue weighted by Gasteiger charge is 2.31. The molecule has 1 aliphatic heterocycles. The second-order valence-electron chi connectivity index (χ2n) is 6.23. The third kappa shape index (κ3) is 5.06. The number of methoxy groups -OCH3 is 1. The molecule has 1 saturated heterocycles. The number of hydrogen-bond donors (Lipinski definition) is 1. The zero-order valence-electron chi connectivity index (χ0n) is 16.3. The number of ether oxygens (including phenoxy) is 2. The zero-order valence-corrected chi connectivity index (χ0v) is 18.8. The SMILES string of the molecule is CCOc1ccc(CNC(=O)c2sccc2S(=O)(=O)N2CCSCC2)cc1OC. The molecule has 3 rings (SSSR count). The van der Waals surface area contributed by atoms with Gasteiger partial charge in [0.1, 0.15) is 9.77 Å². The van der Waals surface area contributed by atoms with Gasteiger partial charge in [0.15, 0.2) is 11.5 Å². The maximum absolute atomic E-state index is 12.9. The molecule has 1 fully saturated rings. The maximum Gasteiger partial charge on any atom is 0.263 e. The van der Waals surface area contributed by atoms with Gasteiger partial charge in [-0.2, -0.15) is 16.1 Å². The Balaban J connectivity index is 1.72. The van der Waals surface area contributed by atoms with Crippen LogP contribution in [0.2, 0.25) is 0 Å². The molecule has 1 aromatic heterocycles. The summed E-state index contributed by atoms with van der Waals surface area (Å²) in [6.07, 6.45) is 0. The Labute approximate surface area is 179 Å². The van der Waals surface area contributed by atoms with E-state index >= 15 is 0 Å². The van der Waals surface area contributed by atoms with E-state index in [9.17, 15) is 13.2 Å². The number of hydrogen-bond acceptors (Lipinski definition) is 7. The largest absolute Gasteiger partial charge is 0.493 e. The third-order valence-electron chi connectivity index (χ3n) is 4.40. The van der Waals surface area contributed by atoms with Gasteiger partial charge in [-0.05, 0) is 36.1 Å². The van der Waals surface area contributed by atoms with Crippen LogP contribution in [0.15, 0.2) is 34.5 Å². The van der Waals surface area contributed by atoms with E-state index in [1.54, 1.807) is 36.4 Å². The maximum atomic E-state index is 12.9. The molecule has 158 valence electrons. The summed E-state index contributed by atoms with van der Waals surface area (Å²) in [5.74, 6) is 2.35. The molecule has 0 radical (unpaired) electrons. The minimum Gasteiger partial charge on any atom is -0.493 e. The van der Waals surface area contributed by atoms with Crippen LogP contribution in [0, 0.1) is 0 Å². The van der Waals surface area contributed by atoms with E-state index in [4.69, 9.17) is 9.47 Å². The number of thioether (sulfide) groups is 1. The summed E-state index contributed by atoms with van der Waals surface area (Å²) in [4.78, 5) is 13.0. The van der Waals surface area contributed by atoms with Crippen LogP contribution in [0.5, 0.6) is 11.5 Å². The van der Waals surface area contributed by atoms with Gasteiger partial charge >= 0.3 is 0 Å². The van der Waals surface area contributed by atoms with Gasteiger partial charge in [0.2, 0.25) is 10.0 Å². The van der Waals surface area contributed by atoms with Crippen LogP contribution in [0.1, 0.15) is 22.2 Å². The molecule has 2 aromatic rings. The molecule has 29 heavy (non-hydrogen) atoms. The quantitative estimate of drug-likeness (QED) is 0.658. The number of nitrogens with zero attached hydrogens (tertiary/aromatic N) is 1. The normalized spacial score (nSPS) is 15.1. The van der Waals surface area contributed by atoms with E-state index in [0.29, 0.717) is 31.2 Å². The number of benzene rings is 1. The average molecular weight is 457 g/mol. The Bertz CT molecular complexity index is 953. The standard InChI is InChI=1S/C19H24N2O5S3/c1-3-26-15-5-4-14(12-16(15)25-2)13-20-19(22)18-17(6-9-28-18)29(23,24)21-7-10-27-11-8-21/h4-6,9,12H,3,7-8,10-11,13H2,1-2H3,(H,20,22). The minimum atomic E-state index is -3.67. The smallest absolute Gasteiger partial charge is 0.263 e. The number of rotatable bonds is 8. The van der Waals surface area contributed by atoms with Crippen molar-refractivity contribution in [3.8, 4) is 11.5 Å². The molecule has 1 N–H and O–H groups in total. The van der Waals surface area contributed by atoms with Gasteiger partial charge in [-0.1, -0.05) is 6.07 Å². The van der Waals surface area contributed by atoms with Crippen molar-refractivity contribution < 1.29 is 22.7 Å². The first-order valence-electron chi connectivity index (χ1n) is 9.20. The summed E-state index contributed by atoms with van der Waals surface area (Å²) in [5.41, 5.74) is 0.827. The van der Waals surface area contributed by atoms with Gasteiger partial charge in [0.25, 0.3) is 5.91 Å². The summed E-state index contributed by atoms with van der Waals surface area (Å²) in [5, 5.41) is 4.45. The molecule has 7 nitrogen and oxygen atoms in total. The lowest BCUT2D eigenvalue weighted by Crippen LogP contribution is -2.38. The van der Waals surface area contributed by atoms with Crippen molar-refractivity contribution in [2.24, 2.45) is 0 Å². The van der Waals surface area contributed by atoms with Gasteiger partial charge in [0, 0.05) is 31.1 Å².